The van der Waals surface area contributed by atoms with Crippen LogP contribution in [0.5, 0.6) is 17.2 Å². The summed E-state index contributed by atoms with van der Waals surface area (Å²) in [5.41, 5.74) is 9.93. The van der Waals surface area contributed by atoms with Crippen LogP contribution in [0, 0.1) is 0 Å². The monoisotopic (exact) mass is 421 g/mol. The summed E-state index contributed by atoms with van der Waals surface area (Å²) in [6.45, 7) is 1.50. The molecule has 158 valence electrons. The van der Waals surface area contributed by atoms with Crippen molar-refractivity contribution in [1.82, 2.24) is 5.32 Å². The number of carbonyl (C=O) groups excluding carboxylic acids is 1. The van der Waals surface area contributed by atoms with Crippen molar-refractivity contribution in [3.8, 4) is 17.2 Å². The van der Waals surface area contributed by atoms with Crippen molar-refractivity contribution < 1.29 is 19.0 Å². The van der Waals surface area contributed by atoms with Crippen molar-refractivity contribution >= 4 is 29.7 Å². The molecule has 0 aromatic heterocycles. The molecular formula is C21H28ClN3O4. The van der Waals surface area contributed by atoms with Crippen LogP contribution in [0.4, 0.5) is 11.4 Å². The van der Waals surface area contributed by atoms with E-state index in [0.717, 1.165) is 41.9 Å². The number of nitrogens with one attached hydrogen (secondary N) is 1. The highest BCUT2D eigenvalue weighted by molar-refractivity contribution is 5.85. The lowest BCUT2D eigenvalue weighted by molar-refractivity contribution is -0.119. The zero-order valence-corrected chi connectivity index (χ0v) is 17.8. The van der Waals surface area contributed by atoms with E-state index in [4.69, 9.17) is 19.9 Å². The lowest BCUT2D eigenvalue weighted by Gasteiger charge is -2.31. The predicted molar refractivity (Wildman–Crippen MR) is 117 cm³/mol. The van der Waals surface area contributed by atoms with E-state index in [0.29, 0.717) is 30.3 Å². The second-order valence-electron chi connectivity index (χ2n) is 6.68. The van der Waals surface area contributed by atoms with Gasteiger partial charge in [-0.2, -0.15) is 0 Å². The molecule has 0 spiro atoms. The Hall–Kier alpha value is -2.80. The Labute approximate surface area is 177 Å². The second-order valence-corrected chi connectivity index (χ2v) is 6.68. The fourth-order valence-corrected chi connectivity index (χ4v) is 3.56. The highest BCUT2D eigenvalue weighted by Gasteiger charge is 2.20. The van der Waals surface area contributed by atoms with E-state index in [1.54, 1.807) is 21.3 Å². The van der Waals surface area contributed by atoms with E-state index in [9.17, 15) is 4.79 Å². The minimum absolute atomic E-state index is 0. The van der Waals surface area contributed by atoms with Crippen LogP contribution in [0.1, 0.15) is 17.5 Å². The molecule has 0 unspecified atom stereocenters. The van der Waals surface area contributed by atoms with Gasteiger partial charge in [0.05, 0.1) is 27.9 Å². The van der Waals surface area contributed by atoms with Crippen molar-refractivity contribution in [2.75, 3.05) is 45.1 Å². The molecule has 2 aromatic rings. The zero-order chi connectivity index (χ0) is 20.1. The highest BCUT2D eigenvalue weighted by atomic mass is 35.5. The van der Waals surface area contributed by atoms with Gasteiger partial charge in [0.2, 0.25) is 11.7 Å². The van der Waals surface area contributed by atoms with E-state index in [2.05, 4.69) is 10.2 Å². The second kappa shape index (κ2) is 10.1. The number of hydrogen-bond acceptors (Lipinski definition) is 6. The summed E-state index contributed by atoms with van der Waals surface area (Å²) in [4.78, 5) is 14.6. The number of nitrogen functional groups attached to an aromatic ring is 1. The molecule has 0 radical (unpaired) electrons. The van der Waals surface area contributed by atoms with Gasteiger partial charge < -0.3 is 30.2 Å². The molecule has 1 aliphatic heterocycles. The van der Waals surface area contributed by atoms with Crippen molar-refractivity contribution in [2.24, 2.45) is 0 Å². The number of benzene rings is 2. The van der Waals surface area contributed by atoms with Crippen LogP contribution in [0.3, 0.4) is 0 Å². The number of carbonyl (C=O) groups is 1. The fourth-order valence-electron chi connectivity index (χ4n) is 3.56. The fraction of sp³-hybridized carbons (Fsp3) is 0.381. The molecule has 3 N–H and O–H groups in total. The van der Waals surface area contributed by atoms with Crippen molar-refractivity contribution in [2.45, 2.75) is 19.4 Å². The van der Waals surface area contributed by atoms with Gasteiger partial charge in [-0.05, 0) is 48.2 Å². The highest BCUT2D eigenvalue weighted by Crippen LogP contribution is 2.38. The third-order valence-corrected chi connectivity index (χ3v) is 4.93. The van der Waals surface area contributed by atoms with E-state index >= 15 is 0 Å². The lowest BCUT2D eigenvalue weighted by atomic mass is 10.00. The molecule has 0 bridgehead atoms. The molecule has 7 nitrogen and oxygen atoms in total. The summed E-state index contributed by atoms with van der Waals surface area (Å²) in [7, 11) is 4.70. The summed E-state index contributed by atoms with van der Waals surface area (Å²) < 4.78 is 16.0. The van der Waals surface area contributed by atoms with Crippen molar-refractivity contribution in [3.05, 3.63) is 41.5 Å². The first kappa shape index (κ1) is 22.5. The van der Waals surface area contributed by atoms with Crippen LogP contribution < -0.4 is 30.2 Å². The number of ether oxygens (including phenoxy) is 3. The third-order valence-electron chi connectivity index (χ3n) is 4.93. The number of nitrogens with zero attached hydrogens (tertiary/aromatic N) is 1. The molecule has 1 aliphatic rings. The zero-order valence-electron chi connectivity index (χ0n) is 17.0. The van der Waals surface area contributed by atoms with E-state index in [-0.39, 0.29) is 18.3 Å². The number of anilines is 2. The van der Waals surface area contributed by atoms with E-state index in [1.807, 2.05) is 30.3 Å². The number of hydrogen-bond donors (Lipinski definition) is 2. The van der Waals surface area contributed by atoms with Crippen LogP contribution >= 0.6 is 12.4 Å². The summed E-state index contributed by atoms with van der Waals surface area (Å²) in [6.07, 6.45) is 1.94. The first-order valence-corrected chi connectivity index (χ1v) is 9.25. The summed E-state index contributed by atoms with van der Waals surface area (Å²) in [6, 6.07) is 9.53. The standard InChI is InChI=1S/C21H27N3O4.ClH/c1-26-18-10-14(11-19(27-2)21(18)28-3)12-23-20(25)13-24-9-5-6-15-16(22)7-4-8-17(15)24;/h4,7-8,10-11H,5-6,9,12-13,22H2,1-3H3,(H,23,25);1H. The molecule has 0 saturated heterocycles. The summed E-state index contributed by atoms with van der Waals surface area (Å²) >= 11 is 0. The summed E-state index contributed by atoms with van der Waals surface area (Å²) in [5.74, 6) is 1.60. The Morgan fingerprint density at radius 3 is 2.45 bits per heavy atom. The quantitative estimate of drug-likeness (QED) is 0.668. The maximum atomic E-state index is 12.5. The molecule has 3 rings (SSSR count). The predicted octanol–water partition coefficient (Wildman–Crippen LogP) is 2.79. The maximum absolute atomic E-state index is 12.5. The molecule has 0 atom stereocenters. The van der Waals surface area contributed by atoms with Gasteiger partial charge in [-0.1, -0.05) is 6.07 Å². The van der Waals surface area contributed by atoms with Gasteiger partial charge in [-0.25, -0.2) is 0 Å². The largest absolute Gasteiger partial charge is 0.493 e. The Balaban J connectivity index is 0.00000300. The molecular weight excluding hydrogens is 394 g/mol. The maximum Gasteiger partial charge on any atom is 0.239 e. The Morgan fingerprint density at radius 2 is 1.83 bits per heavy atom. The number of amides is 1. The molecule has 1 amide bonds. The van der Waals surface area contributed by atoms with Gasteiger partial charge in [-0.15, -0.1) is 12.4 Å². The number of nitrogens with two attached hydrogens (primary N) is 1. The van der Waals surface area contributed by atoms with Gasteiger partial charge in [-0.3, -0.25) is 4.79 Å². The Morgan fingerprint density at radius 1 is 1.14 bits per heavy atom. The van der Waals surface area contributed by atoms with Crippen molar-refractivity contribution in [3.63, 3.8) is 0 Å². The Kier molecular flexibility index (Phi) is 7.84. The van der Waals surface area contributed by atoms with Gasteiger partial charge in [0.1, 0.15) is 0 Å². The average molecular weight is 422 g/mol. The molecule has 2 aromatic carbocycles. The van der Waals surface area contributed by atoms with Gasteiger partial charge in [0.25, 0.3) is 0 Å². The first-order valence-electron chi connectivity index (χ1n) is 9.25. The first-order chi connectivity index (χ1) is 13.6. The van der Waals surface area contributed by atoms with Crippen LogP contribution in [0.25, 0.3) is 0 Å². The smallest absolute Gasteiger partial charge is 0.239 e. The number of halogens is 1. The minimum Gasteiger partial charge on any atom is -0.493 e. The number of rotatable bonds is 7. The van der Waals surface area contributed by atoms with E-state index < -0.39 is 0 Å². The molecule has 0 saturated carbocycles. The molecule has 8 heteroatoms. The van der Waals surface area contributed by atoms with Crippen LogP contribution in [-0.4, -0.2) is 40.3 Å². The van der Waals surface area contributed by atoms with Crippen LogP contribution in [0.15, 0.2) is 30.3 Å². The van der Waals surface area contributed by atoms with Crippen LogP contribution in [0.2, 0.25) is 0 Å². The lowest BCUT2D eigenvalue weighted by Crippen LogP contribution is -2.39. The molecule has 1 heterocycles. The Bertz CT molecular complexity index is 835. The minimum atomic E-state index is -0.0518. The number of methoxy groups -OCH3 is 3. The van der Waals surface area contributed by atoms with E-state index in [1.165, 1.54) is 0 Å². The topological polar surface area (TPSA) is 86.1 Å². The van der Waals surface area contributed by atoms with Crippen LogP contribution in [-0.2, 0) is 17.8 Å². The van der Waals surface area contributed by atoms with Gasteiger partial charge in [0.15, 0.2) is 11.5 Å². The molecule has 29 heavy (non-hydrogen) atoms. The average Bonchev–Trinajstić information content (AvgIpc) is 2.72. The SMILES string of the molecule is COc1cc(CNC(=O)CN2CCCc3c(N)cccc32)cc(OC)c1OC.Cl. The normalized spacial score (nSPS) is 12.4. The summed E-state index contributed by atoms with van der Waals surface area (Å²) in [5, 5.41) is 2.97. The van der Waals surface area contributed by atoms with Gasteiger partial charge >= 0.3 is 0 Å². The van der Waals surface area contributed by atoms with Gasteiger partial charge in [0, 0.05) is 24.5 Å². The third kappa shape index (κ3) is 4.98. The number of fused-ring (bicyclic) bond motifs is 1. The molecule has 0 fully saturated rings. The molecule has 0 aliphatic carbocycles. The van der Waals surface area contributed by atoms with Crippen molar-refractivity contribution in [1.29, 1.82) is 0 Å².